The van der Waals surface area contributed by atoms with Crippen LogP contribution >= 0.6 is 23.2 Å². The number of phenols is 1. The third kappa shape index (κ3) is 2.98. The summed E-state index contributed by atoms with van der Waals surface area (Å²) >= 11 is 11.5. The second-order valence-corrected chi connectivity index (χ2v) is 3.98. The minimum Gasteiger partial charge on any atom is -0.506 e. The second-order valence-electron chi connectivity index (χ2n) is 3.20. The number of halogens is 2. The average molecular weight is 250 g/mol. The van der Waals surface area contributed by atoms with Gasteiger partial charge in [-0.15, -0.1) is 0 Å². The Hall–Kier alpha value is -0.480. The Morgan fingerprint density at radius 1 is 1.40 bits per heavy atom. The molecule has 1 unspecified atom stereocenters. The SMILES string of the molecule is CC(NCCO)c1ccc(Cl)c(Cl)c1O. The van der Waals surface area contributed by atoms with E-state index in [0.29, 0.717) is 17.1 Å². The topological polar surface area (TPSA) is 52.5 Å². The van der Waals surface area contributed by atoms with Crippen LogP contribution in [0.5, 0.6) is 5.75 Å². The average Bonchev–Trinajstić information content (AvgIpc) is 2.23. The van der Waals surface area contributed by atoms with Gasteiger partial charge in [0.15, 0.2) is 0 Å². The van der Waals surface area contributed by atoms with Crippen LogP contribution in [0.15, 0.2) is 12.1 Å². The molecule has 0 radical (unpaired) electrons. The van der Waals surface area contributed by atoms with E-state index in [2.05, 4.69) is 5.32 Å². The molecule has 1 rings (SSSR count). The zero-order valence-electron chi connectivity index (χ0n) is 8.30. The fraction of sp³-hybridized carbons (Fsp3) is 0.400. The van der Waals surface area contributed by atoms with Crippen LogP contribution in [0, 0.1) is 0 Å². The van der Waals surface area contributed by atoms with Gasteiger partial charge in [0.2, 0.25) is 0 Å². The number of nitrogens with one attached hydrogen (secondary N) is 1. The zero-order chi connectivity index (χ0) is 11.4. The van der Waals surface area contributed by atoms with Crippen LogP contribution in [0.3, 0.4) is 0 Å². The number of hydrogen-bond donors (Lipinski definition) is 3. The van der Waals surface area contributed by atoms with Crippen LogP contribution in [0.2, 0.25) is 10.0 Å². The van der Waals surface area contributed by atoms with Crippen molar-refractivity contribution >= 4 is 23.2 Å². The third-order valence-corrected chi connectivity index (χ3v) is 2.92. The van der Waals surface area contributed by atoms with Crippen LogP contribution in [0.1, 0.15) is 18.5 Å². The smallest absolute Gasteiger partial charge is 0.140 e. The molecule has 5 heteroatoms. The van der Waals surface area contributed by atoms with Gasteiger partial charge in [-0.05, 0) is 13.0 Å². The predicted octanol–water partition coefficient (Wildman–Crippen LogP) is 2.34. The molecule has 1 atom stereocenters. The summed E-state index contributed by atoms with van der Waals surface area (Å²) in [5, 5.41) is 21.9. The lowest BCUT2D eigenvalue weighted by atomic mass is 10.1. The molecule has 0 aliphatic carbocycles. The highest BCUT2D eigenvalue weighted by Crippen LogP contribution is 2.36. The van der Waals surface area contributed by atoms with Gasteiger partial charge in [0.1, 0.15) is 10.8 Å². The van der Waals surface area contributed by atoms with Crippen molar-refractivity contribution in [2.45, 2.75) is 13.0 Å². The van der Waals surface area contributed by atoms with Crippen molar-refractivity contribution in [2.75, 3.05) is 13.2 Å². The van der Waals surface area contributed by atoms with Gasteiger partial charge in [0.25, 0.3) is 0 Å². The molecule has 1 aromatic carbocycles. The number of hydrogen-bond acceptors (Lipinski definition) is 3. The minimum atomic E-state index is -0.0908. The van der Waals surface area contributed by atoms with E-state index in [1.165, 1.54) is 0 Å². The van der Waals surface area contributed by atoms with Gasteiger partial charge in [-0.2, -0.15) is 0 Å². The van der Waals surface area contributed by atoms with Crippen LogP contribution in [0.4, 0.5) is 0 Å². The molecule has 0 amide bonds. The molecule has 3 nitrogen and oxygen atoms in total. The summed E-state index contributed by atoms with van der Waals surface area (Å²) in [5.41, 5.74) is 0.665. The van der Waals surface area contributed by atoms with E-state index in [4.69, 9.17) is 28.3 Å². The fourth-order valence-electron chi connectivity index (χ4n) is 1.30. The molecule has 0 fully saturated rings. The molecule has 0 heterocycles. The highest BCUT2D eigenvalue weighted by Gasteiger charge is 2.14. The number of aliphatic hydroxyl groups is 1. The monoisotopic (exact) mass is 249 g/mol. The molecular weight excluding hydrogens is 237 g/mol. The Bertz CT molecular complexity index is 344. The van der Waals surface area contributed by atoms with Crippen LogP contribution in [-0.2, 0) is 0 Å². The number of phenolic OH excluding ortho intramolecular Hbond substituents is 1. The molecule has 0 bridgehead atoms. The number of aliphatic hydroxyl groups excluding tert-OH is 1. The zero-order valence-corrected chi connectivity index (χ0v) is 9.81. The number of aromatic hydroxyl groups is 1. The molecule has 0 aliphatic heterocycles. The standard InChI is InChI=1S/C10H13Cl2NO2/c1-6(13-4-5-14)7-2-3-8(11)9(12)10(7)15/h2-3,6,13-15H,4-5H2,1H3. The van der Waals surface area contributed by atoms with Gasteiger partial charge in [-0.1, -0.05) is 29.3 Å². The van der Waals surface area contributed by atoms with Crippen molar-refractivity contribution in [1.29, 1.82) is 0 Å². The Morgan fingerprint density at radius 2 is 2.07 bits per heavy atom. The molecule has 0 saturated heterocycles. The van der Waals surface area contributed by atoms with E-state index in [1.54, 1.807) is 12.1 Å². The molecule has 3 N–H and O–H groups in total. The maximum atomic E-state index is 9.73. The van der Waals surface area contributed by atoms with Gasteiger partial charge in [-0.25, -0.2) is 0 Å². The summed E-state index contributed by atoms with van der Waals surface area (Å²) in [6.07, 6.45) is 0. The first-order valence-corrected chi connectivity index (χ1v) is 5.34. The van der Waals surface area contributed by atoms with E-state index < -0.39 is 0 Å². The minimum absolute atomic E-state index is 0.0119. The normalized spacial score (nSPS) is 12.8. The van der Waals surface area contributed by atoms with Crippen molar-refractivity contribution in [1.82, 2.24) is 5.32 Å². The highest BCUT2D eigenvalue weighted by atomic mass is 35.5. The lowest BCUT2D eigenvalue weighted by Gasteiger charge is -2.15. The van der Waals surface area contributed by atoms with Gasteiger partial charge in [0.05, 0.1) is 11.6 Å². The Labute approximate surface area is 98.6 Å². The van der Waals surface area contributed by atoms with Crippen LogP contribution < -0.4 is 5.32 Å². The molecule has 0 saturated carbocycles. The van der Waals surface area contributed by atoms with Gasteiger partial charge in [-0.3, -0.25) is 0 Å². The lowest BCUT2D eigenvalue weighted by molar-refractivity contribution is 0.285. The summed E-state index contributed by atoms with van der Waals surface area (Å²) in [6.45, 7) is 2.38. The number of rotatable bonds is 4. The predicted molar refractivity (Wildman–Crippen MR) is 61.6 cm³/mol. The summed E-state index contributed by atoms with van der Waals surface area (Å²) in [6, 6.07) is 3.25. The molecule has 1 aromatic rings. The lowest BCUT2D eigenvalue weighted by Crippen LogP contribution is -2.22. The molecule has 0 aliphatic rings. The second kappa shape index (κ2) is 5.56. The molecular formula is C10H13Cl2NO2. The van der Waals surface area contributed by atoms with E-state index in [0.717, 1.165) is 0 Å². The maximum absolute atomic E-state index is 9.73. The van der Waals surface area contributed by atoms with Crippen LogP contribution in [0.25, 0.3) is 0 Å². The van der Waals surface area contributed by atoms with Crippen molar-refractivity contribution in [3.8, 4) is 5.75 Å². The van der Waals surface area contributed by atoms with E-state index in [9.17, 15) is 5.11 Å². The first-order valence-electron chi connectivity index (χ1n) is 4.59. The Balaban J connectivity index is 2.90. The summed E-state index contributed by atoms with van der Waals surface area (Å²) in [7, 11) is 0. The van der Waals surface area contributed by atoms with Crippen molar-refractivity contribution in [3.05, 3.63) is 27.7 Å². The van der Waals surface area contributed by atoms with E-state index in [1.807, 2.05) is 6.92 Å². The van der Waals surface area contributed by atoms with Crippen molar-refractivity contribution in [2.24, 2.45) is 0 Å². The summed E-state index contributed by atoms with van der Waals surface area (Å²) < 4.78 is 0. The third-order valence-electron chi connectivity index (χ3n) is 2.13. The number of benzene rings is 1. The molecule has 0 aromatic heterocycles. The highest BCUT2D eigenvalue weighted by molar-refractivity contribution is 6.43. The first kappa shape index (κ1) is 12.6. The fourth-order valence-corrected chi connectivity index (χ4v) is 1.62. The van der Waals surface area contributed by atoms with Gasteiger partial charge >= 0.3 is 0 Å². The van der Waals surface area contributed by atoms with Crippen molar-refractivity contribution in [3.63, 3.8) is 0 Å². The first-order chi connectivity index (χ1) is 7.07. The van der Waals surface area contributed by atoms with Gasteiger partial charge in [0, 0.05) is 18.2 Å². The summed E-state index contributed by atoms with van der Waals surface area (Å²) in [4.78, 5) is 0. The van der Waals surface area contributed by atoms with Crippen LogP contribution in [-0.4, -0.2) is 23.4 Å². The molecule has 84 valence electrons. The molecule has 15 heavy (non-hydrogen) atoms. The summed E-state index contributed by atoms with van der Waals surface area (Å²) in [5.74, 6) is -0.0119. The Kier molecular flexibility index (Phi) is 4.67. The quantitative estimate of drug-likeness (QED) is 0.768. The van der Waals surface area contributed by atoms with Gasteiger partial charge < -0.3 is 15.5 Å². The largest absolute Gasteiger partial charge is 0.506 e. The van der Waals surface area contributed by atoms with E-state index in [-0.39, 0.29) is 23.4 Å². The Morgan fingerprint density at radius 3 is 2.67 bits per heavy atom. The van der Waals surface area contributed by atoms with Crippen molar-refractivity contribution < 1.29 is 10.2 Å². The maximum Gasteiger partial charge on any atom is 0.140 e. The van der Waals surface area contributed by atoms with E-state index >= 15 is 0 Å². The molecule has 0 spiro atoms.